The van der Waals surface area contributed by atoms with Gasteiger partial charge in [0.2, 0.25) is 6.79 Å². The summed E-state index contributed by atoms with van der Waals surface area (Å²) in [6.07, 6.45) is 1.93. The van der Waals surface area contributed by atoms with Crippen molar-refractivity contribution in [3.63, 3.8) is 0 Å². The zero-order valence-corrected chi connectivity index (χ0v) is 15.6. The summed E-state index contributed by atoms with van der Waals surface area (Å²) in [7, 11) is 1.58. The van der Waals surface area contributed by atoms with Crippen LogP contribution >= 0.6 is 0 Å². The first-order valence-electron chi connectivity index (χ1n) is 8.57. The summed E-state index contributed by atoms with van der Waals surface area (Å²) >= 11 is 0. The lowest BCUT2D eigenvalue weighted by Gasteiger charge is -2.11. The molecule has 2 aliphatic rings. The van der Waals surface area contributed by atoms with Crippen LogP contribution in [0.2, 0.25) is 0 Å². The molecule has 1 aliphatic carbocycles. The average Bonchev–Trinajstić information content (AvgIpc) is 3.23. The van der Waals surface area contributed by atoms with Gasteiger partial charge in [-0.15, -0.1) is 0 Å². The molecule has 1 aromatic heterocycles. The summed E-state index contributed by atoms with van der Waals surface area (Å²) < 4.78 is 16.4. The number of aromatic nitrogens is 1. The van der Waals surface area contributed by atoms with E-state index in [0.717, 1.165) is 27.8 Å². The third kappa shape index (κ3) is 2.38. The maximum atomic E-state index is 9.68. The first-order valence-corrected chi connectivity index (χ1v) is 8.57. The number of hydrogen-bond donors (Lipinski definition) is 1. The molecular weight excluding hydrogens is 356 g/mol. The van der Waals surface area contributed by atoms with Gasteiger partial charge in [0.25, 0.3) is 5.82 Å². The second-order valence-corrected chi connectivity index (χ2v) is 6.52. The van der Waals surface area contributed by atoms with Crippen molar-refractivity contribution in [2.24, 2.45) is 0 Å². The highest BCUT2D eigenvalue weighted by atomic mass is 16.7. The van der Waals surface area contributed by atoms with Gasteiger partial charge in [0.15, 0.2) is 17.2 Å². The molecule has 7 heteroatoms. The van der Waals surface area contributed by atoms with Crippen molar-refractivity contribution in [3.05, 3.63) is 45.7 Å². The quantitative estimate of drug-likeness (QED) is 0.865. The predicted molar refractivity (Wildman–Crippen MR) is 102 cm³/mol. The lowest BCUT2D eigenvalue weighted by molar-refractivity contribution is -0.364. The van der Waals surface area contributed by atoms with Gasteiger partial charge in [-0.25, -0.2) is 4.98 Å². The number of benzene rings is 1. The number of allylic oxidation sites excluding steroid dienone is 3. The third-order valence-corrected chi connectivity index (χ3v) is 5.08. The maximum Gasteiger partial charge on any atom is 0.289 e. The van der Waals surface area contributed by atoms with E-state index in [1.807, 2.05) is 26.0 Å². The second kappa shape index (κ2) is 6.33. The van der Waals surface area contributed by atoms with E-state index in [1.165, 1.54) is 0 Å². The molecule has 28 heavy (non-hydrogen) atoms. The minimum absolute atomic E-state index is 0.164. The van der Waals surface area contributed by atoms with E-state index in [-0.39, 0.29) is 12.6 Å². The van der Waals surface area contributed by atoms with Crippen LogP contribution in [0.1, 0.15) is 34.9 Å². The Morgan fingerprint density at radius 2 is 1.89 bits per heavy atom. The van der Waals surface area contributed by atoms with Crippen LogP contribution in [0, 0.1) is 29.6 Å². The number of ether oxygens (including phenoxy) is 3. The van der Waals surface area contributed by atoms with E-state index >= 15 is 0 Å². The second-order valence-electron chi connectivity index (χ2n) is 6.52. The summed E-state index contributed by atoms with van der Waals surface area (Å²) in [6, 6.07) is 7.99. The number of fused-ring (bicyclic) bond motifs is 2. The number of nitrogens with one attached hydrogen (secondary N) is 1. The fourth-order valence-corrected chi connectivity index (χ4v) is 3.66. The number of H-pyrrole nitrogens is 1. The van der Waals surface area contributed by atoms with Crippen molar-refractivity contribution >= 4 is 23.0 Å². The van der Waals surface area contributed by atoms with Crippen LogP contribution in [-0.2, 0) is 0 Å². The van der Waals surface area contributed by atoms with Gasteiger partial charge < -0.3 is 14.2 Å². The van der Waals surface area contributed by atoms with Gasteiger partial charge in [0.05, 0.1) is 7.11 Å². The third-order valence-electron chi connectivity index (χ3n) is 5.08. The number of methoxy groups -OCH3 is 1. The monoisotopic (exact) mass is 373 g/mol. The number of anilines is 1. The Labute approximate surface area is 161 Å². The molecule has 0 amide bonds. The Kier molecular flexibility index (Phi) is 3.94. The highest BCUT2D eigenvalue weighted by Gasteiger charge is 2.32. The minimum Gasteiger partial charge on any atom is -0.496 e. The molecule has 1 aliphatic heterocycles. The fourth-order valence-electron chi connectivity index (χ4n) is 3.66. The molecule has 0 saturated heterocycles. The lowest BCUT2D eigenvalue weighted by Crippen LogP contribution is -2.20. The summed E-state index contributed by atoms with van der Waals surface area (Å²) in [5.74, 6) is 2.13. The summed E-state index contributed by atoms with van der Waals surface area (Å²) in [5, 5.41) is 19.2. The molecule has 0 radical (unpaired) electrons. The number of pyridine rings is 1. The summed E-state index contributed by atoms with van der Waals surface area (Å²) in [4.78, 5) is 3.02. The Morgan fingerprint density at radius 1 is 1.18 bits per heavy atom. The Hall–Kier alpha value is -3.97. The lowest BCUT2D eigenvalue weighted by atomic mass is 9.95. The molecule has 0 saturated carbocycles. The highest BCUT2D eigenvalue weighted by Crippen LogP contribution is 2.45. The number of nitrogen functional groups attached to an aromatic ring is 1. The molecule has 1 aromatic carbocycles. The normalized spacial score (nSPS) is 15.4. The van der Waals surface area contributed by atoms with Gasteiger partial charge in [-0.1, -0.05) is 0 Å². The fraction of sp³-hybridized carbons (Fsp3) is 0.190. The Bertz CT molecular complexity index is 1180. The first-order chi connectivity index (χ1) is 13.5. The van der Waals surface area contributed by atoms with Gasteiger partial charge in [0.1, 0.15) is 29.0 Å². The molecule has 2 heterocycles. The maximum absolute atomic E-state index is 9.68. The molecule has 0 atom stereocenters. The molecule has 138 valence electrons. The number of hydrogen-bond acceptors (Lipinski definition) is 6. The number of nitrogens with zero attached hydrogens (tertiary/aromatic N) is 2. The van der Waals surface area contributed by atoms with Crippen LogP contribution in [0.3, 0.4) is 0 Å². The molecule has 7 nitrogen and oxygen atoms in total. The van der Waals surface area contributed by atoms with Crippen molar-refractivity contribution in [1.29, 1.82) is 10.5 Å². The minimum atomic E-state index is 0.164. The van der Waals surface area contributed by atoms with Crippen LogP contribution < -0.4 is 24.9 Å². The van der Waals surface area contributed by atoms with Crippen LogP contribution in [0.25, 0.3) is 17.2 Å². The summed E-state index contributed by atoms with van der Waals surface area (Å²) in [6.45, 7) is 3.87. The molecule has 0 bridgehead atoms. The van der Waals surface area contributed by atoms with Crippen molar-refractivity contribution in [2.45, 2.75) is 13.8 Å². The van der Waals surface area contributed by atoms with Gasteiger partial charge in [-0.05, 0) is 42.7 Å². The Morgan fingerprint density at radius 3 is 2.54 bits per heavy atom. The van der Waals surface area contributed by atoms with E-state index < -0.39 is 0 Å². The number of rotatable bonds is 2. The van der Waals surface area contributed by atoms with Crippen molar-refractivity contribution in [2.75, 3.05) is 19.6 Å². The highest BCUT2D eigenvalue weighted by molar-refractivity contribution is 6.08. The molecule has 0 unspecified atom stereocenters. The standard InChI is InChI=1S/C21H16N4O3/c1-10-13(4-12-5-17-18(28-9-27-17)6-16(12)26-3)19-11(2)15(8-23)21(24)25-20(19)14(10)7-22/h4-6H,9H2,1-3H3,(H2,24,25)/p+1. The van der Waals surface area contributed by atoms with Crippen molar-refractivity contribution in [3.8, 4) is 29.4 Å². The van der Waals surface area contributed by atoms with E-state index in [2.05, 4.69) is 17.1 Å². The molecule has 4 rings (SSSR count). The van der Waals surface area contributed by atoms with Gasteiger partial charge in [-0.2, -0.15) is 10.5 Å². The van der Waals surface area contributed by atoms with Crippen LogP contribution in [0.4, 0.5) is 5.82 Å². The van der Waals surface area contributed by atoms with E-state index in [9.17, 15) is 10.5 Å². The van der Waals surface area contributed by atoms with Crippen LogP contribution in [0.5, 0.6) is 17.2 Å². The number of aromatic amines is 1. The Balaban J connectivity index is 2.00. The van der Waals surface area contributed by atoms with Gasteiger partial charge in [-0.3, -0.25) is 5.73 Å². The predicted octanol–water partition coefficient (Wildman–Crippen LogP) is 2.85. The zero-order valence-electron chi connectivity index (χ0n) is 15.6. The molecular formula is C21H17N4O3+. The van der Waals surface area contributed by atoms with E-state index in [0.29, 0.717) is 34.1 Å². The van der Waals surface area contributed by atoms with E-state index in [1.54, 1.807) is 13.2 Å². The smallest absolute Gasteiger partial charge is 0.289 e. The first kappa shape index (κ1) is 17.4. The molecule has 0 fully saturated rings. The SMILES string of the molecule is COc1cc2c(cc1C=C1C(C)=C(C#N)c3[nH+]c(N)c(C#N)c(C)c31)OCO2. The van der Waals surface area contributed by atoms with Crippen molar-refractivity contribution < 1.29 is 19.2 Å². The summed E-state index contributed by atoms with van der Waals surface area (Å²) in [5.41, 5.74) is 11.4. The van der Waals surface area contributed by atoms with Gasteiger partial charge >= 0.3 is 0 Å². The molecule has 2 aromatic rings. The average molecular weight is 373 g/mol. The topological polar surface area (TPSA) is 115 Å². The van der Waals surface area contributed by atoms with Crippen LogP contribution in [-0.4, -0.2) is 13.9 Å². The zero-order chi connectivity index (χ0) is 20.0. The van der Waals surface area contributed by atoms with E-state index in [4.69, 9.17) is 19.9 Å². The van der Waals surface area contributed by atoms with Crippen molar-refractivity contribution in [1.82, 2.24) is 0 Å². The molecule has 3 N–H and O–H groups in total. The number of nitrogens with two attached hydrogens (primary N) is 1. The number of nitriles is 2. The molecule has 0 spiro atoms. The van der Waals surface area contributed by atoms with Crippen LogP contribution in [0.15, 0.2) is 17.7 Å². The van der Waals surface area contributed by atoms with Gasteiger partial charge in [0, 0.05) is 17.2 Å². The largest absolute Gasteiger partial charge is 0.496 e.